The van der Waals surface area contributed by atoms with Crippen molar-refractivity contribution >= 4 is 41.7 Å². The van der Waals surface area contributed by atoms with Crippen LogP contribution in [0, 0.1) is 5.82 Å². The first-order chi connectivity index (χ1) is 12.9. The van der Waals surface area contributed by atoms with Gasteiger partial charge in [-0.3, -0.25) is 4.79 Å². The molecule has 2 atom stereocenters. The van der Waals surface area contributed by atoms with Crippen molar-refractivity contribution in [3.63, 3.8) is 0 Å². The molecule has 1 fully saturated rings. The Morgan fingerprint density at radius 1 is 1.21 bits per heavy atom. The Balaban J connectivity index is 0.00000280. The second kappa shape index (κ2) is 9.89. The number of amides is 1. The van der Waals surface area contributed by atoms with Crippen molar-refractivity contribution in [2.24, 2.45) is 0 Å². The number of aromatic nitrogens is 2. The first kappa shape index (κ1) is 22.2. The van der Waals surface area contributed by atoms with E-state index in [0.29, 0.717) is 11.5 Å². The number of hydrogen-bond acceptors (Lipinski definition) is 5. The third-order valence-corrected chi connectivity index (χ3v) is 4.93. The van der Waals surface area contributed by atoms with Gasteiger partial charge in [-0.1, -0.05) is 24.4 Å². The molecule has 1 aliphatic carbocycles. The SMILES string of the molecule is CN(C)c1nccc(NC2CCCCC2NC(=O)c2ccc(F)c(Cl)c2)n1.Cl. The molecule has 28 heavy (non-hydrogen) atoms. The summed E-state index contributed by atoms with van der Waals surface area (Å²) in [4.78, 5) is 23.1. The molecule has 3 rings (SSSR count). The van der Waals surface area contributed by atoms with Crippen LogP contribution in [0.2, 0.25) is 5.02 Å². The van der Waals surface area contributed by atoms with E-state index in [2.05, 4.69) is 20.6 Å². The molecule has 0 aliphatic heterocycles. The lowest BCUT2D eigenvalue weighted by atomic mass is 9.90. The topological polar surface area (TPSA) is 70.2 Å². The first-order valence-electron chi connectivity index (χ1n) is 8.97. The van der Waals surface area contributed by atoms with Crippen LogP contribution >= 0.6 is 24.0 Å². The van der Waals surface area contributed by atoms with E-state index in [-0.39, 0.29) is 35.4 Å². The number of halogens is 3. The van der Waals surface area contributed by atoms with E-state index >= 15 is 0 Å². The van der Waals surface area contributed by atoms with Gasteiger partial charge in [0.2, 0.25) is 5.95 Å². The zero-order valence-corrected chi connectivity index (χ0v) is 17.4. The molecule has 1 saturated carbocycles. The van der Waals surface area contributed by atoms with Crippen molar-refractivity contribution in [3.8, 4) is 0 Å². The quantitative estimate of drug-likeness (QED) is 0.756. The second-order valence-corrected chi connectivity index (χ2v) is 7.29. The van der Waals surface area contributed by atoms with Gasteiger partial charge in [-0.2, -0.15) is 4.98 Å². The smallest absolute Gasteiger partial charge is 0.251 e. The van der Waals surface area contributed by atoms with Gasteiger partial charge in [0.05, 0.1) is 5.02 Å². The molecule has 0 radical (unpaired) electrons. The summed E-state index contributed by atoms with van der Waals surface area (Å²) in [5.74, 6) is 0.556. The zero-order valence-electron chi connectivity index (χ0n) is 15.8. The molecular formula is C19H24Cl2FN5O. The molecule has 1 aromatic heterocycles. The fourth-order valence-corrected chi connectivity index (χ4v) is 3.38. The predicted octanol–water partition coefficient (Wildman–Crippen LogP) is 3.91. The number of benzene rings is 1. The van der Waals surface area contributed by atoms with E-state index in [1.807, 2.05) is 25.1 Å². The Bertz CT molecular complexity index is 821. The molecule has 0 bridgehead atoms. The lowest BCUT2D eigenvalue weighted by molar-refractivity contribution is 0.0923. The van der Waals surface area contributed by atoms with E-state index in [1.54, 1.807) is 6.20 Å². The molecule has 152 valence electrons. The molecule has 9 heteroatoms. The van der Waals surface area contributed by atoms with Crippen LogP contribution in [0.5, 0.6) is 0 Å². The fourth-order valence-electron chi connectivity index (χ4n) is 3.20. The summed E-state index contributed by atoms with van der Waals surface area (Å²) in [7, 11) is 3.77. The maximum absolute atomic E-state index is 13.3. The zero-order chi connectivity index (χ0) is 19.4. The lowest BCUT2D eigenvalue weighted by Gasteiger charge is -2.33. The lowest BCUT2D eigenvalue weighted by Crippen LogP contribution is -2.48. The number of carbonyl (C=O) groups excluding carboxylic acids is 1. The highest BCUT2D eigenvalue weighted by atomic mass is 35.5. The van der Waals surface area contributed by atoms with Crippen LogP contribution in [0.1, 0.15) is 36.0 Å². The van der Waals surface area contributed by atoms with Crippen LogP contribution in [0.4, 0.5) is 16.2 Å². The summed E-state index contributed by atoms with van der Waals surface area (Å²) < 4.78 is 13.3. The minimum absolute atomic E-state index is 0. The van der Waals surface area contributed by atoms with Crippen molar-refractivity contribution in [1.82, 2.24) is 15.3 Å². The Morgan fingerprint density at radius 3 is 2.61 bits per heavy atom. The second-order valence-electron chi connectivity index (χ2n) is 6.88. The number of nitrogens with one attached hydrogen (secondary N) is 2. The van der Waals surface area contributed by atoms with Crippen molar-refractivity contribution in [1.29, 1.82) is 0 Å². The monoisotopic (exact) mass is 427 g/mol. The summed E-state index contributed by atoms with van der Waals surface area (Å²) in [6.07, 6.45) is 5.63. The van der Waals surface area contributed by atoms with E-state index in [0.717, 1.165) is 31.5 Å². The summed E-state index contributed by atoms with van der Waals surface area (Å²) in [5.41, 5.74) is 0.350. The summed E-state index contributed by atoms with van der Waals surface area (Å²) >= 11 is 5.79. The molecule has 2 unspecified atom stereocenters. The van der Waals surface area contributed by atoms with Crippen LogP contribution in [0.25, 0.3) is 0 Å². The summed E-state index contributed by atoms with van der Waals surface area (Å²) in [5, 5.41) is 6.42. The fraction of sp³-hybridized carbons (Fsp3) is 0.421. The van der Waals surface area contributed by atoms with Gasteiger partial charge in [0.15, 0.2) is 0 Å². The average Bonchev–Trinajstić information content (AvgIpc) is 2.65. The number of hydrogen-bond donors (Lipinski definition) is 2. The van der Waals surface area contributed by atoms with E-state index in [4.69, 9.17) is 11.6 Å². The molecule has 1 aliphatic rings. The van der Waals surface area contributed by atoms with E-state index in [9.17, 15) is 9.18 Å². The molecule has 0 spiro atoms. The molecule has 6 nitrogen and oxygen atoms in total. The molecule has 2 aromatic rings. The number of rotatable bonds is 5. The van der Waals surface area contributed by atoms with Gasteiger partial charge in [-0.25, -0.2) is 9.37 Å². The van der Waals surface area contributed by atoms with Crippen LogP contribution in [0.15, 0.2) is 30.5 Å². The highest BCUT2D eigenvalue weighted by Gasteiger charge is 2.27. The van der Waals surface area contributed by atoms with Gasteiger partial charge in [0.25, 0.3) is 5.91 Å². The number of anilines is 2. The third kappa shape index (κ3) is 5.45. The maximum Gasteiger partial charge on any atom is 0.251 e. The van der Waals surface area contributed by atoms with Crippen molar-refractivity contribution in [3.05, 3.63) is 46.9 Å². The molecule has 1 amide bonds. The standard InChI is InChI=1S/C19H23ClFN5O.ClH/c1-26(2)19-22-10-9-17(25-19)23-15-5-3-4-6-16(15)24-18(27)12-7-8-14(21)13(20)11-12;/h7-11,15-16H,3-6H2,1-2H3,(H,24,27)(H,22,23,25);1H. The van der Waals surface area contributed by atoms with Crippen LogP contribution in [0.3, 0.4) is 0 Å². The van der Waals surface area contributed by atoms with Gasteiger partial charge in [0.1, 0.15) is 11.6 Å². The molecule has 1 heterocycles. The van der Waals surface area contributed by atoms with Crippen molar-refractivity contribution < 1.29 is 9.18 Å². The number of nitrogens with zero attached hydrogens (tertiary/aromatic N) is 3. The number of carbonyl (C=O) groups is 1. The third-order valence-electron chi connectivity index (χ3n) is 4.64. The molecule has 0 saturated heterocycles. The Labute approximate surface area is 175 Å². The maximum atomic E-state index is 13.3. The largest absolute Gasteiger partial charge is 0.365 e. The minimum atomic E-state index is -0.536. The van der Waals surface area contributed by atoms with E-state index < -0.39 is 5.82 Å². The van der Waals surface area contributed by atoms with Gasteiger partial charge >= 0.3 is 0 Å². The molecular weight excluding hydrogens is 404 g/mol. The summed E-state index contributed by atoms with van der Waals surface area (Å²) in [6.45, 7) is 0. The summed E-state index contributed by atoms with van der Waals surface area (Å²) in [6, 6.07) is 5.83. The van der Waals surface area contributed by atoms with Gasteiger partial charge in [-0.05, 0) is 37.1 Å². The van der Waals surface area contributed by atoms with Crippen LogP contribution in [-0.4, -0.2) is 42.1 Å². The van der Waals surface area contributed by atoms with Crippen LogP contribution < -0.4 is 15.5 Å². The van der Waals surface area contributed by atoms with Crippen LogP contribution in [-0.2, 0) is 0 Å². The highest BCUT2D eigenvalue weighted by Crippen LogP contribution is 2.23. The molecule has 2 N–H and O–H groups in total. The van der Waals surface area contributed by atoms with Gasteiger partial charge < -0.3 is 15.5 Å². The van der Waals surface area contributed by atoms with Gasteiger partial charge in [-0.15, -0.1) is 12.4 Å². The molecule has 1 aromatic carbocycles. The Kier molecular flexibility index (Phi) is 7.83. The average molecular weight is 428 g/mol. The Hall–Kier alpha value is -2.12. The van der Waals surface area contributed by atoms with Gasteiger partial charge in [0, 0.05) is 37.9 Å². The normalized spacial score (nSPS) is 18.7. The van der Waals surface area contributed by atoms with Crippen molar-refractivity contribution in [2.75, 3.05) is 24.3 Å². The van der Waals surface area contributed by atoms with Crippen molar-refractivity contribution in [2.45, 2.75) is 37.8 Å². The predicted molar refractivity (Wildman–Crippen MR) is 112 cm³/mol. The Morgan fingerprint density at radius 2 is 1.93 bits per heavy atom. The minimum Gasteiger partial charge on any atom is -0.365 e. The first-order valence-corrected chi connectivity index (χ1v) is 9.34. The van der Waals surface area contributed by atoms with E-state index in [1.165, 1.54) is 18.2 Å². The highest BCUT2D eigenvalue weighted by molar-refractivity contribution is 6.31.